The van der Waals surface area contributed by atoms with E-state index in [4.69, 9.17) is 4.74 Å². The summed E-state index contributed by atoms with van der Waals surface area (Å²) in [5.74, 6) is 2.86. The second-order valence-electron chi connectivity index (χ2n) is 6.67. The highest BCUT2D eigenvalue weighted by Gasteiger charge is 2.30. The second-order valence-corrected chi connectivity index (χ2v) is 6.67. The fourth-order valence-corrected chi connectivity index (χ4v) is 4.07. The Bertz CT molecular complexity index is 291. The summed E-state index contributed by atoms with van der Waals surface area (Å²) < 4.78 is 5.80. The summed E-state index contributed by atoms with van der Waals surface area (Å²) in [6.45, 7) is 6.69. The van der Waals surface area contributed by atoms with E-state index in [1.54, 1.807) is 0 Å². The number of hydrogen-bond donors (Lipinski definition) is 0. The van der Waals surface area contributed by atoms with Crippen LogP contribution in [0, 0.1) is 17.8 Å². The molecule has 1 heteroatoms. The van der Waals surface area contributed by atoms with Gasteiger partial charge in [0, 0.05) is 0 Å². The SMILES string of the molecule is C=CCO[C@H]1CC[C@H]([C@H]2CC[C@H](C=CCC)CC2)CC1. The third kappa shape index (κ3) is 4.77. The maximum atomic E-state index is 5.80. The van der Waals surface area contributed by atoms with Crippen molar-refractivity contribution in [1.82, 2.24) is 0 Å². The van der Waals surface area contributed by atoms with Crippen molar-refractivity contribution in [3.05, 3.63) is 24.8 Å². The standard InChI is InChI=1S/C19H32O/c1-3-5-6-16-7-9-17(10-8-16)18-11-13-19(14-12-18)20-15-4-2/h4-6,16-19H,2-3,7-15H2,1H3/t16-,17-,18-,19-. The Hall–Kier alpha value is -0.560. The molecule has 2 saturated carbocycles. The van der Waals surface area contributed by atoms with Gasteiger partial charge >= 0.3 is 0 Å². The van der Waals surface area contributed by atoms with Crippen molar-refractivity contribution in [2.45, 2.75) is 70.8 Å². The summed E-state index contributed by atoms with van der Waals surface area (Å²) >= 11 is 0. The van der Waals surface area contributed by atoms with Gasteiger partial charge in [-0.05, 0) is 75.5 Å². The topological polar surface area (TPSA) is 9.23 Å². The van der Waals surface area contributed by atoms with E-state index < -0.39 is 0 Å². The molecule has 0 radical (unpaired) electrons. The van der Waals surface area contributed by atoms with Crippen LogP contribution in [0.3, 0.4) is 0 Å². The predicted octanol–water partition coefficient (Wildman–Crippen LogP) is 5.52. The molecule has 114 valence electrons. The lowest BCUT2D eigenvalue weighted by Gasteiger charge is -2.37. The van der Waals surface area contributed by atoms with E-state index in [2.05, 4.69) is 25.7 Å². The monoisotopic (exact) mass is 276 g/mol. The largest absolute Gasteiger partial charge is 0.374 e. The van der Waals surface area contributed by atoms with Crippen LogP contribution in [-0.4, -0.2) is 12.7 Å². The predicted molar refractivity (Wildman–Crippen MR) is 86.8 cm³/mol. The maximum Gasteiger partial charge on any atom is 0.0648 e. The van der Waals surface area contributed by atoms with Crippen LogP contribution in [-0.2, 0) is 4.74 Å². The van der Waals surface area contributed by atoms with Crippen LogP contribution in [0.5, 0.6) is 0 Å². The zero-order chi connectivity index (χ0) is 14.2. The Labute approximate surface area is 125 Å². The summed E-state index contributed by atoms with van der Waals surface area (Å²) in [6, 6.07) is 0. The first-order chi connectivity index (χ1) is 9.83. The molecule has 0 spiro atoms. The van der Waals surface area contributed by atoms with E-state index in [-0.39, 0.29) is 0 Å². The van der Waals surface area contributed by atoms with Crippen LogP contribution in [0.15, 0.2) is 24.8 Å². The lowest BCUT2D eigenvalue weighted by Crippen LogP contribution is -2.28. The minimum absolute atomic E-state index is 0.507. The highest BCUT2D eigenvalue weighted by molar-refractivity contribution is 4.92. The van der Waals surface area contributed by atoms with Crippen LogP contribution in [0.25, 0.3) is 0 Å². The molecule has 0 aromatic rings. The van der Waals surface area contributed by atoms with Gasteiger partial charge in [0.25, 0.3) is 0 Å². The molecule has 2 rings (SSSR count). The molecule has 0 aromatic heterocycles. The van der Waals surface area contributed by atoms with E-state index in [0.717, 1.165) is 24.4 Å². The fraction of sp³-hybridized carbons (Fsp3) is 0.789. The first-order valence-corrected chi connectivity index (χ1v) is 8.72. The fourth-order valence-electron chi connectivity index (χ4n) is 4.07. The summed E-state index contributed by atoms with van der Waals surface area (Å²) in [4.78, 5) is 0. The van der Waals surface area contributed by atoms with Crippen LogP contribution < -0.4 is 0 Å². The van der Waals surface area contributed by atoms with Crippen LogP contribution >= 0.6 is 0 Å². The maximum absolute atomic E-state index is 5.80. The molecule has 0 aromatic carbocycles. The lowest BCUT2D eigenvalue weighted by molar-refractivity contribution is 0.0220. The molecule has 0 heterocycles. The van der Waals surface area contributed by atoms with Crippen molar-refractivity contribution < 1.29 is 4.74 Å². The summed E-state index contributed by atoms with van der Waals surface area (Å²) in [6.07, 6.45) is 19.5. The Morgan fingerprint density at radius 2 is 1.55 bits per heavy atom. The molecule has 0 N–H and O–H groups in total. The van der Waals surface area contributed by atoms with Crippen LogP contribution in [0.2, 0.25) is 0 Å². The molecule has 2 aliphatic carbocycles. The smallest absolute Gasteiger partial charge is 0.0648 e. The number of hydrogen-bond acceptors (Lipinski definition) is 1. The summed E-state index contributed by atoms with van der Waals surface area (Å²) in [5, 5.41) is 0. The summed E-state index contributed by atoms with van der Waals surface area (Å²) in [5.41, 5.74) is 0. The quantitative estimate of drug-likeness (QED) is 0.580. The zero-order valence-corrected chi connectivity index (χ0v) is 13.2. The first kappa shape index (κ1) is 15.8. The number of rotatable bonds is 6. The van der Waals surface area contributed by atoms with E-state index in [1.807, 2.05) is 6.08 Å². The molecular weight excluding hydrogens is 244 g/mol. The van der Waals surface area contributed by atoms with Gasteiger partial charge < -0.3 is 4.74 Å². The zero-order valence-electron chi connectivity index (χ0n) is 13.2. The van der Waals surface area contributed by atoms with Gasteiger partial charge in [-0.1, -0.05) is 25.2 Å². The number of allylic oxidation sites excluding steroid dienone is 2. The van der Waals surface area contributed by atoms with Crippen molar-refractivity contribution in [1.29, 1.82) is 0 Å². The highest BCUT2D eigenvalue weighted by Crippen LogP contribution is 2.40. The molecule has 0 amide bonds. The van der Waals surface area contributed by atoms with Gasteiger partial charge in [-0.25, -0.2) is 0 Å². The average Bonchev–Trinajstić information content (AvgIpc) is 2.52. The molecule has 2 fully saturated rings. The van der Waals surface area contributed by atoms with Gasteiger partial charge in [0.15, 0.2) is 0 Å². The Morgan fingerprint density at radius 3 is 2.10 bits per heavy atom. The lowest BCUT2D eigenvalue weighted by atomic mass is 9.70. The molecule has 0 aliphatic heterocycles. The summed E-state index contributed by atoms with van der Waals surface area (Å²) in [7, 11) is 0. The van der Waals surface area contributed by atoms with Crippen LogP contribution in [0.4, 0.5) is 0 Å². The molecule has 0 saturated heterocycles. The molecule has 0 unspecified atom stereocenters. The van der Waals surface area contributed by atoms with Gasteiger partial charge in [0.05, 0.1) is 12.7 Å². The number of ether oxygens (including phenoxy) is 1. The molecular formula is C19H32O. The Balaban J connectivity index is 1.67. The van der Waals surface area contributed by atoms with Crippen molar-refractivity contribution >= 4 is 0 Å². The van der Waals surface area contributed by atoms with Gasteiger partial charge in [-0.2, -0.15) is 0 Å². The molecule has 0 atom stereocenters. The average molecular weight is 276 g/mol. The normalized spacial score (nSPS) is 35.2. The van der Waals surface area contributed by atoms with Gasteiger partial charge in [0.2, 0.25) is 0 Å². The van der Waals surface area contributed by atoms with Gasteiger partial charge in [-0.15, -0.1) is 6.58 Å². The van der Waals surface area contributed by atoms with Gasteiger partial charge in [-0.3, -0.25) is 0 Å². The van der Waals surface area contributed by atoms with Crippen molar-refractivity contribution in [2.75, 3.05) is 6.61 Å². The van der Waals surface area contributed by atoms with E-state index in [0.29, 0.717) is 6.10 Å². The van der Waals surface area contributed by atoms with Crippen molar-refractivity contribution in [3.8, 4) is 0 Å². The highest BCUT2D eigenvalue weighted by atomic mass is 16.5. The van der Waals surface area contributed by atoms with E-state index in [1.165, 1.54) is 57.8 Å². The molecule has 20 heavy (non-hydrogen) atoms. The van der Waals surface area contributed by atoms with E-state index in [9.17, 15) is 0 Å². The third-order valence-corrected chi connectivity index (χ3v) is 5.30. The molecule has 2 aliphatic rings. The Kier molecular flexibility index (Phi) is 6.86. The van der Waals surface area contributed by atoms with Crippen molar-refractivity contribution in [3.63, 3.8) is 0 Å². The van der Waals surface area contributed by atoms with Crippen LogP contribution in [0.1, 0.15) is 64.7 Å². The van der Waals surface area contributed by atoms with Crippen molar-refractivity contribution in [2.24, 2.45) is 17.8 Å². The minimum Gasteiger partial charge on any atom is -0.374 e. The third-order valence-electron chi connectivity index (χ3n) is 5.30. The molecule has 0 bridgehead atoms. The van der Waals surface area contributed by atoms with E-state index >= 15 is 0 Å². The Morgan fingerprint density at radius 1 is 0.950 bits per heavy atom. The second kappa shape index (κ2) is 8.67. The first-order valence-electron chi connectivity index (χ1n) is 8.72. The minimum atomic E-state index is 0.507. The van der Waals surface area contributed by atoms with Gasteiger partial charge in [0.1, 0.15) is 0 Å². The molecule has 1 nitrogen and oxygen atoms in total.